The molecule has 0 radical (unpaired) electrons. The zero-order chi connectivity index (χ0) is 7.72. The van der Waals surface area contributed by atoms with E-state index >= 15 is 0 Å². The Bertz CT molecular complexity index is 305. The van der Waals surface area contributed by atoms with Gasteiger partial charge in [0, 0.05) is 0 Å². The van der Waals surface area contributed by atoms with Crippen LogP contribution in [0, 0.1) is 13.8 Å². The fourth-order valence-corrected chi connectivity index (χ4v) is 0.823. The number of nitrogens with one attached hydrogen (secondary N) is 1. The van der Waals surface area contributed by atoms with Crippen LogP contribution in [-0.4, -0.2) is 9.97 Å². The molecule has 0 saturated carbocycles. The van der Waals surface area contributed by atoms with E-state index in [1.54, 1.807) is 13.8 Å². The number of aromatic amines is 1. The van der Waals surface area contributed by atoms with Crippen molar-refractivity contribution in [1.29, 1.82) is 0 Å². The van der Waals surface area contributed by atoms with Gasteiger partial charge in [-0.05, 0) is 13.8 Å². The Kier molecular flexibility index (Phi) is 1.76. The van der Waals surface area contributed by atoms with Crippen LogP contribution in [0.3, 0.4) is 0 Å². The molecule has 1 N–H and O–H groups in total. The smallest absolute Gasteiger partial charge is 0.255 e. The quantitative estimate of drug-likeness (QED) is 0.574. The van der Waals surface area contributed by atoms with Gasteiger partial charge in [-0.15, -0.1) is 0 Å². The molecule has 1 aromatic heterocycles. The van der Waals surface area contributed by atoms with Gasteiger partial charge in [-0.2, -0.15) is 0 Å². The highest BCUT2D eigenvalue weighted by Gasteiger charge is 2.00. The van der Waals surface area contributed by atoms with Gasteiger partial charge in [-0.25, -0.2) is 4.98 Å². The Morgan fingerprint density at radius 2 is 2.10 bits per heavy atom. The van der Waals surface area contributed by atoms with Crippen molar-refractivity contribution in [3.8, 4) is 0 Å². The minimum absolute atomic E-state index is 0.169. The maximum atomic E-state index is 10.9. The molecule has 0 atom stereocenters. The lowest BCUT2D eigenvalue weighted by molar-refractivity contribution is 0.994. The average Bonchev–Trinajstić information content (AvgIpc) is 1.82. The molecule has 0 aromatic carbocycles. The van der Waals surface area contributed by atoms with E-state index in [2.05, 4.69) is 9.97 Å². The summed E-state index contributed by atoms with van der Waals surface area (Å²) in [5.41, 5.74) is 0.296. The van der Waals surface area contributed by atoms with E-state index in [1.165, 1.54) is 0 Å². The minimum Gasteiger partial charge on any atom is -0.310 e. The number of nitrogens with zero attached hydrogens (tertiary/aromatic N) is 1. The molecule has 0 amide bonds. The fraction of sp³-hybridized carbons (Fsp3) is 0.333. The molecule has 4 heteroatoms. The monoisotopic (exact) mass is 158 g/mol. The van der Waals surface area contributed by atoms with E-state index in [4.69, 9.17) is 11.6 Å². The summed E-state index contributed by atoms with van der Waals surface area (Å²) in [6.45, 7) is 3.32. The van der Waals surface area contributed by atoms with Crippen molar-refractivity contribution in [2.45, 2.75) is 13.8 Å². The van der Waals surface area contributed by atoms with E-state index < -0.39 is 0 Å². The van der Waals surface area contributed by atoms with Gasteiger partial charge in [-0.1, -0.05) is 11.6 Å². The van der Waals surface area contributed by atoms with Crippen LogP contribution in [0.2, 0.25) is 5.15 Å². The van der Waals surface area contributed by atoms with Gasteiger partial charge in [0.15, 0.2) is 0 Å². The lowest BCUT2D eigenvalue weighted by Gasteiger charge is -1.95. The third kappa shape index (κ3) is 1.19. The molecule has 54 valence electrons. The molecule has 1 rings (SSSR count). The lowest BCUT2D eigenvalue weighted by Crippen LogP contribution is -2.12. The number of aryl methyl sites for hydroxylation is 1. The van der Waals surface area contributed by atoms with Crippen molar-refractivity contribution in [2.75, 3.05) is 0 Å². The number of H-pyrrole nitrogens is 1. The summed E-state index contributed by atoms with van der Waals surface area (Å²) in [4.78, 5) is 17.3. The van der Waals surface area contributed by atoms with E-state index in [-0.39, 0.29) is 10.7 Å². The van der Waals surface area contributed by atoms with Crippen LogP contribution in [0.5, 0.6) is 0 Å². The number of hydrogen-bond donors (Lipinski definition) is 1. The Morgan fingerprint density at radius 3 is 2.60 bits per heavy atom. The summed E-state index contributed by atoms with van der Waals surface area (Å²) < 4.78 is 0. The lowest BCUT2D eigenvalue weighted by atomic mass is 10.4. The molecular formula is C6H7ClN2O. The highest BCUT2D eigenvalue weighted by atomic mass is 35.5. The van der Waals surface area contributed by atoms with Crippen molar-refractivity contribution in [3.63, 3.8) is 0 Å². The highest BCUT2D eigenvalue weighted by Crippen LogP contribution is 2.04. The minimum atomic E-state index is -0.169. The van der Waals surface area contributed by atoms with E-state index in [9.17, 15) is 4.79 Å². The fourth-order valence-electron chi connectivity index (χ4n) is 0.611. The van der Waals surface area contributed by atoms with Crippen LogP contribution >= 0.6 is 11.6 Å². The van der Waals surface area contributed by atoms with Crippen molar-refractivity contribution < 1.29 is 0 Å². The zero-order valence-electron chi connectivity index (χ0n) is 5.73. The maximum absolute atomic E-state index is 10.9. The summed E-state index contributed by atoms with van der Waals surface area (Å²) in [5, 5.41) is 0.279. The van der Waals surface area contributed by atoms with Crippen molar-refractivity contribution >= 4 is 11.6 Å². The molecule has 0 unspecified atom stereocenters. The Labute approximate surface area is 63.1 Å². The molecule has 0 fully saturated rings. The maximum Gasteiger partial charge on any atom is 0.255 e. The summed E-state index contributed by atoms with van der Waals surface area (Å²) >= 11 is 5.59. The van der Waals surface area contributed by atoms with Gasteiger partial charge >= 0.3 is 0 Å². The van der Waals surface area contributed by atoms with Crippen LogP contribution in [0.1, 0.15) is 11.4 Å². The molecule has 1 aromatic rings. The molecule has 0 aliphatic carbocycles. The van der Waals surface area contributed by atoms with E-state index in [0.717, 1.165) is 0 Å². The predicted octanol–water partition coefficient (Wildman–Crippen LogP) is 1.04. The normalized spacial score (nSPS) is 9.90. The Morgan fingerprint density at radius 1 is 1.50 bits per heavy atom. The third-order valence-electron chi connectivity index (χ3n) is 1.21. The largest absolute Gasteiger partial charge is 0.310 e. The average molecular weight is 159 g/mol. The first kappa shape index (κ1) is 7.28. The van der Waals surface area contributed by atoms with Gasteiger partial charge in [0.25, 0.3) is 5.56 Å². The molecule has 0 bridgehead atoms. The SMILES string of the molecule is Cc1nc(Cl)c(C)c(=O)[nH]1. The number of hydrogen-bond acceptors (Lipinski definition) is 2. The first-order chi connectivity index (χ1) is 4.61. The highest BCUT2D eigenvalue weighted by molar-refractivity contribution is 6.30. The second kappa shape index (κ2) is 2.42. The number of aromatic nitrogens is 2. The summed E-state index contributed by atoms with van der Waals surface area (Å²) in [6, 6.07) is 0. The zero-order valence-corrected chi connectivity index (χ0v) is 6.49. The standard InChI is InChI=1S/C6H7ClN2O/c1-3-5(7)8-4(2)9-6(3)10/h1-2H3,(H,8,9,10). The van der Waals surface area contributed by atoms with Crippen molar-refractivity contribution in [2.24, 2.45) is 0 Å². The molecule has 1 heterocycles. The second-order valence-corrected chi connectivity index (χ2v) is 2.43. The molecule has 10 heavy (non-hydrogen) atoms. The van der Waals surface area contributed by atoms with Gasteiger partial charge < -0.3 is 4.98 Å². The molecule has 0 aliphatic heterocycles. The van der Waals surface area contributed by atoms with Gasteiger partial charge in [-0.3, -0.25) is 4.79 Å². The molecule has 0 aliphatic rings. The number of rotatable bonds is 0. The van der Waals surface area contributed by atoms with Gasteiger partial charge in [0.05, 0.1) is 5.56 Å². The molecule has 3 nitrogen and oxygen atoms in total. The van der Waals surface area contributed by atoms with Gasteiger partial charge in [0.1, 0.15) is 11.0 Å². The first-order valence-electron chi connectivity index (χ1n) is 2.84. The molecule has 0 spiro atoms. The van der Waals surface area contributed by atoms with Gasteiger partial charge in [0.2, 0.25) is 0 Å². The first-order valence-corrected chi connectivity index (χ1v) is 3.22. The molecular weight excluding hydrogens is 152 g/mol. The third-order valence-corrected chi connectivity index (χ3v) is 1.58. The predicted molar refractivity (Wildman–Crippen MR) is 39.3 cm³/mol. The van der Waals surface area contributed by atoms with E-state index in [1.807, 2.05) is 0 Å². The van der Waals surface area contributed by atoms with Crippen LogP contribution in [0.25, 0.3) is 0 Å². The van der Waals surface area contributed by atoms with Crippen LogP contribution in [0.4, 0.5) is 0 Å². The van der Waals surface area contributed by atoms with Crippen LogP contribution < -0.4 is 5.56 Å². The summed E-state index contributed by atoms with van der Waals surface area (Å²) in [7, 11) is 0. The van der Waals surface area contributed by atoms with E-state index in [0.29, 0.717) is 11.4 Å². The Hall–Kier alpha value is -0.830. The second-order valence-electron chi connectivity index (χ2n) is 2.07. The van der Waals surface area contributed by atoms with Crippen LogP contribution in [0.15, 0.2) is 4.79 Å². The molecule has 0 saturated heterocycles. The van der Waals surface area contributed by atoms with Crippen LogP contribution in [-0.2, 0) is 0 Å². The van der Waals surface area contributed by atoms with Crippen molar-refractivity contribution in [1.82, 2.24) is 9.97 Å². The Balaban J connectivity index is 3.46. The summed E-state index contributed by atoms with van der Waals surface area (Å²) in [5.74, 6) is 0.542. The number of halogens is 1. The topological polar surface area (TPSA) is 45.8 Å². The van der Waals surface area contributed by atoms with Crippen molar-refractivity contribution in [3.05, 3.63) is 26.9 Å². The summed E-state index contributed by atoms with van der Waals surface area (Å²) in [6.07, 6.45) is 0.